The molecule has 0 aliphatic heterocycles. The van der Waals surface area contributed by atoms with Crippen molar-refractivity contribution >= 4 is 17.6 Å². The summed E-state index contributed by atoms with van der Waals surface area (Å²) in [5.41, 5.74) is 0.609. The normalized spacial score (nSPS) is 10.2. The zero-order valence-corrected chi connectivity index (χ0v) is 9.28. The molecule has 0 spiro atoms. The van der Waals surface area contributed by atoms with Crippen molar-refractivity contribution in [1.82, 2.24) is 4.98 Å². The molecular weight excluding hydrogens is 245 g/mol. The second-order valence-corrected chi connectivity index (χ2v) is 3.70. The van der Waals surface area contributed by atoms with Gasteiger partial charge in [-0.2, -0.15) is 0 Å². The molecule has 17 heavy (non-hydrogen) atoms. The van der Waals surface area contributed by atoms with Crippen molar-refractivity contribution in [2.24, 2.45) is 0 Å². The molecule has 1 aromatic heterocycles. The molecule has 0 aliphatic carbocycles. The van der Waals surface area contributed by atoms with Gasteiger partial charge < -0.3 is 5.11 Å². The third-order valence-corrected chi connectivity index (χ3v) is 2.53. The van der Waals surface area contributed by atoms with E-state index in [1.807, 2.05) is 0 Å². The highest BCUT2D eigenvalue weighted by Gasteiger charge is 2.16. The van der Waals surface area contributed by atoms with Gasteiger partial charge in [-0.1, -0.05) is 23.7 Å². The lowest BCUT2D eigenvalue weighted by atomic mass is 10.0. The van der Waals surface area contributed by atoms with Crippen molar-refractivity contribution in [3.05, 3.63) is 53.1 Å². The molecule has 0 unspecified atom stereocenters. The van der Waals surface area contributed by atoms with Gasteiger partial charge in [-0.25, -0.2) is 14.2 Å². The average molecular weight is 252 g/mol. The van der Waals surface area contributed by atoms with E-state index in [0.29, 0.717) is 5.56 Å². The van der Waals surface area contributed by atoms with Crippen molar-refractivity contribution in [1.29, 1.82) is 0 Å². The second-order valence-electron chi connectivity index (χ2n) is 3.34. The van der Waals surface area contributed by atoms with E-state index in [1.165, 1.54) is 30.5 Å². The van der Waals surface area contributed by atoms with E-state index >= 15 is 0 Å². The van der Waals surface area contributed by atoms with Crippen molar-refractivity contribution in [2.75, 3.05) is 0 Å². The predicted molar refractivity (Wildman–Crippen MR) is 61.6 cm³/mol. The van der Waals surface area contributed by atoms with Gasteiger partial charge in [0.2, 0.25) is 0 Å². The molecule has 1 heterocycles. The Hall–Kier alpha value is -1.94. The van der Waals surface area contributed by atoms with Crippen LogP contribution >= 0.6 is 11.6 Å². The van der Waals surface area contributed by atoms with E-state index in [2.05, 4.69) is 4.98 Å². The number of aromatic nitrogens is 1. The summed E-state index contributed by atoms with van der Waals surface area (Å²) in [5.74, 6) is -1.59. The molecule has 0 bridgehead atoms. The molecule has 0 amide bonds. The maximum absolute atomic E-state index is 13.1. The SMILES string of the molecule is O=C(O)c1ccnc(Cl)c1-c1cccc(F)c1. The number of aromatic carboxylic acids is 1. The Morgan fingerprint density at radius 2 is 2.12 bits per heavy atom. The van der Waals surface area contributed by atoms with Crippen LogP contribution in [0.15, 0.2) is 36.5 Å². The first-order valence-corrected chi connectivity index (χ1v) is 5.11. The second kappa shape index (κ2) is 4.51. The highest BCUT2D eigenvalue weighted by Crippen LogP contribution is 2.30. The molecule has 0 saturated heterocycles. The number of carbonyl (C=O) groups is 1. The minimum absolute atomic E-state index is 0.00407. The van der Waals surface area contributed by atoms with Crippen LogP contribution in [0.3, 0.4) is 0 Å². The van der Waals surface area contributed by atoms with Crippen LogP contribution in [0.4, 0.5) is 4.39 Å². The predicted octanol–water partition coefficient (Wildman–Crippen LogP) is 3.24. The van der Waals surface area contributed by atoms with Gasteiger partial charge in [0.25, 0.3) is 0 Å². The van der Waals surface area contributed by atoms with E-state index < -0.39 is 11.8 Å². The molecular formula is C12H7ClFNO2. The van der Waals surface area contributed by atoms with Crippen LogP contribution in [0.1, 0.15) is 10.4 Å². The highest BCUT2D eigenvalue weighted by molar-refractivity contribution is 6.32. The molecule has 0 radical (unpaired) electrons. The van der Waals surface area contributed by atoms with Gasteiger partial charge in [0, 0.05) is 11.8 Å². The molecule has 3 nitrogen and oxygen atoms in total. The first-order chi connectivity index (χ1) is 8.09. The zero-order chi connectivity index (χ0) is 12.4. The Morgan fingerprint density at radius 3 is 2.76 bits per heavy atom. The van der Waals surface area contributed by atoms with Crippen molar-refractivity contribution in [3.8, 4) is 11.1 Å². The number of halogens is 2. The lowest BCUT2D eigenvalue weighted by Gasteiger charge is -2.07. The summed E-state index contributed by atoms with van der Waals surface area (Å²) in [7, 11) is 0. The fourth-order valence-electron chi connectivity index (χ4n) is 1.53. The van der Waals surface area contributed by atoms with E-state index in [4.69, 9.17) is 16.7 Å². The third kappa shape index (κ3) is 2.26. The molecule has 0 aliphatic rings. The number of nitrogens with zero attached hydrogens (tertiary/aromatic N) is 1. The fourth-order valence-corrected chi connectivity index (χ4v) is 1.80. The summed E-state index contributed by atoms with van der Waals surface area (Å²) in [4.78, 5) is 14.9. The minimum Gasteiger partial charge on any atom is -0.478 e. The third-order valence-electron chi connectivity index (χ3n) is 2.25. The molecule has 2 aromatic rings. The maximum atomic E-state index is 13.1. The van der Waals surface area contributed by atoms with Crippen LogP contribution in [0.2, 0.25) is 5.15 Å². The number of hydrogen-bond donors (Lipinski definition) is 1. The first-order valence-electron chi connectivity index (χ1n) is 4.73. The highest BCUT2D eigenvalue weighted by atomic mass is 35.5. The van der Waals surface area contributed by atoms with Crippen LogP contribution in [-0.4, -0.2) is 16.1 Å². The summed E-state index contributed by atoms with van der Waals surface area (Å²) in [6, 6.07) is 6.88. The topological polar surface area (TPSA) is 50.2 Å². The number of hydrogen-bond acceptors (Lipinski definition) is 2. The maximum Gasteiger partial charge on any atom is 0.336 e. The molecule has 86 valence electrons. The Labute approximate surface area is 101 Å². The molecule has 0 saturated carbocycles. The van der Waals surface area contributed by atoms with E-state index in [-0.39, 0.29) is 16.3 Å². The summed E-state index contributed by atoms with van der Waals surface area (Å²) >= 11 is 5.86. The summed E-state index contributed by atoms with van der Waals surface area (Å²) in [6.07, 6.45) is 1.30. The first kappa shape index (κ1) is 11.5. The Balaban J connectivity index is 2.70. The van der Waals surface area contributed by atoms with Gasteiger partial charge in [-0.15, -0.1) is 0 Å². The van der Waals surface area contributed by atoms with Gasteiger partial charge in [0.15, 0.2) is 0 Å². The van der Waals surface area contributed by atoms with E-state index in [9.17, 15) is 9.18 Å². The van der Waals surface area contributed by atoms with Crippen LogP contribution in [0.5, 0.6) is 0 Å². The smallest absolute Gasteiger partial charge is 0.336 e. The van der Waals surface area contributed by atoms with Crippen LogP contribution in [0.25, 0.3) is 11.1 Å². The van der Waals surface area contributed by atoms with E-state index in [1.54, 1.807) is 6.07 Å². The fraction of sp³-hybridized carbons (Fsp3) is 0. The van der Waals surface area contributed by atoms with Crippen molar-refractivity contribution in [3.63, 3.8) is 0 Å². The lowest BCUT2D eigenvalue weighted by molar-refractivity contribution is 0.0697. The van der Waals surface area contributed by atoms with Gasteiger partial charge in [-0.3, -0.25) is 0 Å². The number of benzene rings is 1. The Morgan fingerprint density at radius 1 is 1.35 bits per heavy atom. The molecule has 5 heteroatoms. The number of pyridine rings is 1. The largest absolute Gasteiger partial charge is 0.478 e. The van der Waals surface area contributed by atoms with Gasteiger partial charge in [0.1, 0.15) is 11.0 Å². The van der Waals surface area contributed by atoms with E-state index in [0.717, 1.165) is 0 Å². The van der Waals surface area contributed by atoms with Crippen molar-refractivity contribution in [2.45, 2.75) is 0 Å². The van der Waals surface area contributed by atoms with Gasteiger partial charge in [0.05, 0.1) is 5.56 Å². The molecule has 0 atom stereocenters. The quantitative estimate of drug-likeness (QED) is 0.834. The lowest BCUT2D eigenvalue weighted by Crippen LogP contribution is -2.01. The molecule has 0 fully saturated rings. The summed E-state index contributed by atoms with van der Waals surface area (Å²) < 4.78 is 13.1. The minimum atomic E-state index is -1.13. The molecule has 1 aromatic carbocycles. The van der Waals surface area contributed by atoms with Crippen molar-refractivity contribution < 1.29 is 14.3 Å². The van der Waals surface area contributed by atoms with Crippen LogP contribution in [0, 0.1) is 5.82 Å². The van der Waals surface area contributed by atoms with Gasteiger partial charge >= 0.3 is 5.97 Å². The van der Waals surface area contributed by atoms with Gasteiger partial charge in [-0.05, 0) is 23.8 Å². The molecule has 1 N–H and O–H groups in total. The van der Waals surface area contributed by atoms with Crippen LogP contribution in [-0.2, 0) is 0 Å². The van der Waals surface area contributed by atoms with Crippen LogP contribution < -0.4 is 0 Å². The molecule has 2 rings (SSSR count). The Kier molecular flexibility index (Phi) is 3.06. The number of rotatable bonds is 2. The number of carboxylic acids is 1. The summed E-state index contributed by atoms with van der Waals surface area (Å²) in [5, 5.41) is 9.08. The number of carboxylic acid groups (broad SMARTS) is 1. The standard InChI is InChI=1S/C12H7ClFNO2/c13-11-10(7-2-1-3-8(14)6-7)9(12(16)17)4-5-15-11/h1-6H,(H,16,17). The monoisotopic (exact) mass is 251 g/mol. The Bertz CT molecular complexity index is 586. The zero-order valence-electron chi connectivity index (χ0n) is 8.52. The summed E-state index contributed by atoms with van der Waals surface area (Å²) in [6.45, 7) is 0. The average Bonchev–Trinajstić information content (AvgIpc) is 2.28.